The second-order valence-electron chi connectivity index (χ2n) is 8.53. The zero-order valence-electron chi connectivity index (χ0n) is 18.7. The van der Waals surface area contributed by atoms with Gasteiger partial charge in [0.1, 0.15) is 0 Å². The van der Waals surface area contributed by atoms with Crippen molar-refractivity contribution in [3.8, 4) is 0 Å². The maximum atomic E-state index is 16.0. The first-order valence-electron chi connectivity index (χ1n) is 11.2. The second-order valence-corrected chi connectivity index (χ2v) is 8.53. The molecule has 1 saturated heterocycles. The lowest BCUT2D eigenvalue weighted by molar-refractivity contribution is -0.150. The molecule has 1 fully saturated rings. The van der Waals surface area contributed by atoms with E-state index in [2.05, 4.69) is 10.3 Å². The van der Waals surface area contributed by atoms with Crippen LogP contribution in [0, 0.1) is 5.92 Å². The Bertz CT molecular complexity index is 1120. The number of halogens is 1. The molecular formula is C26H28FN3O3. The molecule has 2 amide bonds. The lowest BCUT2D eigenvalue weighted by Gasteiger charge is -2.32. The average Bonchev–Trinajstić information content (AvgIpc) is 3.04. The van der Waals surface area contributed by atoms with Gasteiger partial charge in [-0.15, -0.1) is 0 Å². The quantitative estimate of drug-likeness (QED) is 0.587. The Kier molecular flexibility index (Phi) is 6.99. The molecule has 2 atom stereocenters. The number of carbonyl (C=O) groups is 2. The zero-order valence-corrected chi connectivity index (χ0v) is 18.7. The Balaban J connectivity index is 1.54. The van der Waals surface area contributed by atoms with Crippen molar-refractivity contribution in [1.29, 1.82) is 0 Å². The van der Waals surface area contributed by atoms with Gasteiger partial charge in [-0.25, -0.2) is 4.39 Å². The van der Waals surface area contributed by atoms with Crippen molar-refractivity contribution in [2.45, 2.75) is 25.6 Å². The van der Waals surface area contributed by atoms with Crippen molar-refractivity contribution in [2.75, 3.05) is 26.3 Å². The van der Waals surface area contributed by atoms with Gasteiger partial charge in [0, 0.05) is 43.9 Å². The van der Waals surface area contributed by atoms with Crippen LogP contribution < -0.4 is 5.32 Å². The van der Waals surface area contributed by atoms with Gasteiger partial charge < -0.3 is 15.0 Å². The van der Waals surface area contributed by atoms with Gasteiger partial charge in [-0.1, -0.05) is 48.5 Å². The summed E-state index contributed by atoms with van der Waals surface area (Å²) in [5.74, 6) is -3.87. The van der Waals surface area contributed by atoms with Crippen molar-refractivity contribution in [3.05, 3.63) is 78.0 Å². The number of nitrogens with zero attached hydrogens (tertiary/aromatic N) is 2. The zero-order chi connectivity index (χ0) is 23.3. The molecule has 1 aromatic heterocycles. The highest BCUT2D eigenvalue weighted by Gasteiger charge is 2.43. The number of amides is 2. The van der Waals surface area contributed by atoms with Crippen molar-refractivity contribution >= 4 is 22.7 Å². The number of alkyl halides is 1. The summed E-state index contributed by atoms with van der Waals surface area (Å²) >= 11 is 0. The number of carbonyl (C=O) groups excluding carboxylic acids is 2. The van der Waals surface area contributed by atoms with Crippen LogP contribution in [-0.2, 0) is 27.2 Å². The molecule has 0 radical (unpaired) electrons. The minimum absolute atomic E-state index is 0.0134. The number of rotatable bonds is 6. The predicted octanol–water partition coefficient (Wildman–Crippen LogP) is 3.30. The Hall–Kier alpha value is -3.32. The number of aromatic nitrogens is 1. The number of benzene rings is 2. The number of pyridine rings is 1. The SMILES string of the molecule is CC(=O)N[C@](F)(Cc1ccccc1)C(=O)N1CCOC[C@@H](Cc2cccc3ncccc23)C1. The molecule has 33 heavy (non-hydrogen) atoms. The van der Waals surface area contributed by atoms with Gasteiger partial charge in [0.25, 0.3) is 11.7 Å². The maximum absolute atomic E-state index is 16.0. The van der Waals surface area contributed by atoms with E-state index in [4.69, 9.17) is 4.74 Å². The van der Waals surface area contributed by atoms with Gasteiger partial charge in [-0.05, 0) is 29.7 Å². The molecule has 7 heteroatoms. The summed E-state index contributed by atoms with van der Waals surface area (Å²) in [4.78, 5) is 31.1. The van der Waals surface area contributed by atoms with Crippen LogP contribution in [0.4, 0.5) is 4.39 Å². The molecule has 1 aliphatic rings. The molecular weight excluding hydrogens is 421 g/mol. The minimum atomic E-state index is -2.52. The van der Waals surface area contributed by atoms with Crippen LogP contribution in [0.25, 0.3) is 10.9 Å². The van der Waals surface area contributed by atoms with Crippen LogP contribution in [0.1, 0.15) is 18.1 Å². The van der Waals surface area contributed by atoms with E-state index in [9.17, 15) is 9.59 Å². The highest BCUT2D eigenvalue weighted by atomic mass is 19.1. The molecule has 2 aromatic carbocycles. The van der Waals surface area contributed by atoms with Crippen LogP contribution in [0.15, 0.2) is 66.9 Å². The van der Waals surface area contributed by atoms with E-state index < -0.39 is 17.6 Å². The summed E-state index contributed by atoms with van der Waals surface area (Å²) in [7, 11) is 0. The van der Waals surface area contributed by atoms with Gasteiger partial charge >= 0.3 is 0 Å². The van der Waals surface area contributed by atoms with Crippen LogP contribution >= 0.6 is 0 Å². The summed E-state index contributed by atoms with van der Waals surface area (Å²) in [6, 6.07) is 18.8. The average molecular weight is 450 g/mol. The smallest absolute Gasteiger partial charge is 0.281 e. The third-order valence-corrected chi connectivity index (χ3v) is 5.87. The Labute approximate surface area is 192 Å². The second kappa shape index (κ2) is 10.1. The first-order valence-corrected chi connectivity index (χ1v) is 11.2. The van der Waals surface area contributed by atoms with Crippen molar-refractivity contribution in [2.24, 2.45) is 5.92 Å². The lowest BCUT2D eigenvalue weighted by Crippen LogP contribution is -2.58. The predicted molar refractivity (Wildman–Crippen MR) is 124 cm³/mol. The van der Waals surface area contributed by atoms with E-state index in [-0.39, 0.29) is 18.9 Å². The molecule has 4 rings (SSSR count). The number of hydrogen-bond acceptors (Lipinski definition) is 4. The fourth-order valence-electron chi connectivity index (χ4n) is 4.42. The molecule has 0 aliphatic carbocycles. The topological polar surface area (TPSA) is 71.5 Å². The van der Waals surface area contributed by atoms with E-state index in [1.54, 1.807) is 30.5 Å². The first-order chi connectivity index (χ1) is 15.9. The molecule has 0 saturated carbocycles. The highest BCUT2D eigenvalue weighted by molar-refractivity contribution is 5.90. The molecule has 3 aromatic rings. The van der Waals surface area contributed by atoms with Gasteiger partial charge in [-0.2, -0.15) is 0 Å². The Morgan fingerprint density at radius 2 is 1.97 bits per heavy atom. The molecule has 0 bridgehead atoms. The van der Waals surface area contributed by atoms with Gasteiger partial charge in [0.05, 0.1) is 18.7 Å². The van der Waals surface area contributed by atoms with Gasteiger partial charge in [-0.3, -0.25) is 14.6 Å². The highest BCUT2D eigenvalue weighted by Crippen LogP contribution is 2.24. The van der Waals surface area contributed by atoms with Crippen LogP contribution in [0.3, 0.4) is 0 Å². The molecule has 0 unspecified atom stereocenters. The number of ether oxygens (including phenoxy) is 1. The normalized spacial score (nSPS) is 18.4. The summed E-state index contributed by atoms with van der Waals surface area (Å²) in [5.41, 5.74) is 2.66. The maximum Gasteiger partial charge on any atom is 0.281 e. The third kappa shape index (κ3) is 5.54. The minimum Gasteiger partial charge on any atom is -0.379 e. The molecule has 6 nitrogen and oxygen atoms in total. The summed E-state index contributed by atoms with van der Waals surface area (Å²) in [6.07, 6.45) is 2.20. The van der Waals surface area contributed by atoms with E-state index >= 15 is 4.39 Å². The number of hydrogen-bond donors (Lipinski definition) is 1. The van der Waals surface area contributed by atoms with Gasteiger partial charge in [0.2, 0.25) is 5.91 Å². The molecule has 2 heterocycles. The van der Waals surface area contributed by atoms with Crippen LogP contribution in [-0.4, -0.2) is 53.8 Å². The molecule has 172 valence electrons. The fraction of sp³-hybridized carbons (Fsp3) is 0.346. The van der Waals surface area contributed by atoms with Crippen molar-refractivity contribution in [1.82, 2.24) is 15.2 Å². The van der Waals surface area contributed by atoms with Gasteiger partial charge in [0.15, 0.2) is 0 Å². The third-order valence-electron chi connectivity index (χ3n) is 5.87. The monoisotopic (exact) mass is 449 g/mol. The van der Waals surface area contributed by atoms with Crippen molar-refractivity contribution < 1.29 is 18.7 Å². The summed E-state index contributed by atoms with van der Waals surface area (Å²) < 4.78 is 21.8. The van der Waals surface area contributed by atoms with E-state index in [1.807, 2.05) is 36.4 Å². The number of fused-ring (bicyclic) bond motifs is 1. The standard InChI is InChI=1S/C26H28FN3O3/c1-19(31)29-26(27,16-20-7-3-2-4-8-20)25(32)30-13-14-33-18-21(17-30)15-22-9-5-11-24-23(22)10-6-12-28-24/h2-12,21H,13-18H2,1H3,(H,29,31)/t21-,26+/m0/s1. The molecule has 1 N–H and O–H groups in total. The van der Waals surface area contributed by atoms with Crippen LogP contribution in [0.2, 0.25) is 0 Å². The van der Waals surface area contributed by atoms with E-state index in [0.717, 1.165) is 16.5 Å². The largest absolute Gasteiger partial charge is 0.379 e. The summed E-state index contributed by atoms with van der Waals surface area (Å²) in [5, 5.41) is 3.32. The molecule has 0 spiro atoms. The van der Waals surface area contributed by atoms with E-state index in [0.29, 0.717) is 31.7 Å². The molecule has 1 aliphatic heterocycles. The Morgan fingerprint density at radius 1 is 1.15 bits per heavy atom. The summed E-state index contributed by atoms with van der Waals surface area (Å²) in [6.45, 7) is 2.62. The van der Waals surface area contributed by atoms with E-state index in [1.165, 1.54) is 11.8 Å². The Morgan fingerprint density at radius 3 is 2.76 bits per heavy atom. The van der Waals surface area contributed by atoms with Crippen LogP contribution in [0.5, 0.6) is 0 Å². The fourth-order valence-corrected chi connectivity index (χ4v) is 4.42. The lowest BCUT2D eigenvalue weighted by atomic mass is 9.95. The van der Waals surface area contributed by atoms with Crippen molar-refractivity contribution in [3.63, 3.8) is 0 Å². The first kappa shape index (κ1) is 22.9. The number of nitrogens with one attached hydrogen (secondary N) is 1.